The third-order valence-electron chi connectivity index (χ3n) is 3.82. The minimum Gasteiger partial charge on any atom is -1.00 e. The zero-order valence-electron chi connectivity index (χ0n) is 13.7. The molecule has 2 aromatic carbocycles. The van der Waals surface area contributed by atoms with Crippen molar-refractivity contribution in [2.75, 3.05) is 0 Å². The number of hydrogen-bond donors (Lipinski definition) is 0. The van der Waals surface area contributed by atoms with Gasteiger partial charge in [-0.05, 0) is 24.0 Å². The Morgan fingerprint density at radius 2 is 1.27 bits per heavy atom. The van der Waals surface area contributed by atoms with Crippen LogP contribution in [-0.4, -0.2) is 23.1 Å². The van der Waals surface area contributed by atoms with Crippen LogP contribution in [0.5, 0.6) is 0 Å². The van der Waals surface area contributed by atoms with E-state index in [1.165, 1.54) is 61.6 Å². The van der Waals surface area contributed by atoms with E-state index in [9.17, 15) is 0 Å². The molecule has 2 heteroatoms. The van der Waals surface area contributed by atoms with Crippen LogP contribution in [0.1, 0.15) is 51.0 Å². The van der Waals surface area contributed by atoms with Gasteiger partial charge in [-0.2, -0.15) is 30.3 Å². The van der Waals surface area contributed by atoms with Crippen LogP contribution < -0.4 is 17.0 Å². The average Bonchev–Trinajstić information content (AvgIpc) is 2.52. The van der Waals surface area contributed by atoms with E-state index in [4.69, 9.17) is 0 Å². The van der Waals surface area contributed by atoms with Gasteiger partial charge in [-0.25, -0.2) is 0 Å². The summed E-state index contributed by atoms with van der Waals surface area (Å²) >= 11 is 0. The molecule has 2 rings (SSSR count). The SMILES string of the molecule is CCCCCCCCc1ccc(-c2cc[c-]cc2)cc1.[Br-].[Mg+2]. The van der Waals surface area contributed by atoms with Crippen LogP contribution >= 0.6 is 0 Å². The summed E-state index contributed by atoms with van der Waals surface area (Å²) < 4.78 is 0. The van der Waals surface area contributed by atoms with E-state index in [0.29, 0.717) is 0 Å². The fourth-order valence-corrected chi connectivity index (χ4v) is 2.55. The molecule has 0 unspecified atom stereocenters. The molecule has 114 valence electrons. The Balaban J connectivity index is 0.00000220. The number of unbranched alkanes of at least 4 members (excludes halogenated alkanes) is 5. The van der Waals surface area contributed by atoms with Gasteiger partial charge < -0.3 is 17.0 Å². The summed E-state index contributed by atoms with van der Waals surface area (Å²) in [6.07, 6.45) is 9.43. The quantitative estimate of drug-likeness (QED) is 0.381. The van der Waals surface area contributed by atoms with Crippen LogP contribution in [0.2, 0.25) is 0 Å². The molecule has 0 bridgehead atoms. The number of hydrogen-bond acceptors (Lipinski definition) is 0. The van der Waals surface area contributed by atoms with Crippen molar-refractivity contribution in [2.24, 2.45) is 0 Å². The molecule has 0 aliphatic heterocycles. The first kappa shape index (κ1) is 21.7. The molecule has 0 saturated carbocycles. The molecule has 0 aliphatic carbocycles. The number of benzene rings is 2. The van der Waals surface area contributed by atoms with Crippen LogP contribution in [0.3, 0.4) is 0 Å². The Morgan fingerprint density at radius 3 is 1.91 bits per heavy atom. The fourth-order valence-electron chi connectivity index (χ4n) is 2.55. The van der Waals surface area contributed by atoms with Gasteiger partial charge in [0, 0.05) is 0 Å². The Kier molecular flexibility index (Phi) is 13.0. The van der Waals surface area contributed by atoms with E-state index >= 15 is 0 Å². The van der Waals surface area contributed by atoms with Gasteiger partial charge >= 0.3 is 23.1 Å². The number of rotatable bonds is 8. The number of aryl methyl sites for hydroxylation is 1. The van der Waals surface area contributed by atoms with Gasteiger partial charge in [-0.3, -0.25) is 0 Å². The van der Waals surface area contributed by atoms with Crippen molar-refractivity contribution >= 4 is 23.1 Å². The van der Waals surface area contributed by atoms with Crippen molar-refractivity contribution in [3.8, 4) is 11.1 Å². The van der Waals surface area contributed by atoms with Gasteiger partial charge in [0.2, 0.25) is 0 Å². The van der Waals surface area contributed by atoms with Gasteiger partial charge in [-0.15, -0.1) is 5.56 Å². The summed E-state index contributed by atoms with van der Waals surface area (Å²) in [5.74, 6) is 0. The van der Waals surface area contributed by atoms with Crippen molar-refractivity contribution in [2.45, 2.75) is 51.9 Å². The van der Waals surface area contributed by atoms with Crippen molar-refractivity contribution in [3.05, 3.63) is 60.2 Å². The van der Waals surface area contributed by atoms with Crippen LogP contribution in [-0.2, 0) is 6.42 Å². The summed E-state index contributed by atoms with van der Waals surface area (Å²) in [5.41, 5.74) is 4.03. The predicted octanol–water partition coefficient (Wildman–Crippen LogP) is 2.68. The van der Waals surface area contributed by atoms with E-state index in [1.54, 1.807) is 0 Å². The Labute approximate surface area is 162 Å². The van der Waals surface area contributed by atoms with Crippen LogP contribution in [0, 0.1) is 6.07 Å². The molecular formula is C20H25BrMg. The minimum absolute atomic E-state index is 0. The molecule has 0 fully saturated rings. The molecule has 22 heavy (non-hydrogen) atoms. The third kappa shape index (κ3) is 7.80. The van der Waals surface area contributed by atoms with Crippen LogP contribution in [0.15, 0.2) is 48.5 Å². The molecule has 0 aliphatic rings. The summed E-state index contributed by atoms with van der Waals surface area (Å²) in [6.45, 7) is 2.27. The van der Waals surface area contributed by atoms with Crippen molar-refractivity contribution in [1.29, 1.82) is 0 Å². The Morgan fingerprint density at radius 1 is 0.727 bits per heavy atom. The number of halogens is 1. The zero-order valence-corrected chi connectivity index (χ0v) is 16.7. The van der Waals surface area contributed by atoms with E-state index in [1.807, 2.05) is 12.1 Å². The Bertz CT molecular complexity index is 479. The summed E-state index contributed by atoms with van der Waals surface area (Å²) in [5, 5.41) is 0. The second kappa shape index (κ2) is 13.2. The molecule has 0 spiro atoms. The molecule has 0 radical (unpaired) electrons. The Hall–Kier alpha value is -0.314. The normalized spacial score (nSPS) is 9.68. The summed E-state index contributed by atoms with van der Waals surface area (Å²) in [4.78, 5) is 0. The molecule has 0 atom stereocenters. The molecule has 2 aromatic rings. The maximum Gasteiger partial charge on any atom is 2.00 e. The summed E-state index contributed by atoms with van der Waals surface area (Å²) in [6, 6.07) is 20.3. The average molecular weight is 370 g/mol. The van der Waals surface area contributed by atoms with Gasteiger partial charge in [-0.1, -0.05) is 63.3 Å². The smallest absolute Gasteiger partial charge is 1.00 e. The molecular weight excluding hydrogens is 344 g/mol. The van der Waals surface area contributed by atoms with Crippen LogP contribution in [0.25, 0.3) is 11.1 Å². The standard InChI is InChI=1S/C20H25.BrH.Mg/c1-2-3-4-5-6-8-11-18-14-16-20(17-15-18)19-12-9-7-10-13-19;;/h9-10,12-17H,2-6,8,11H2,1H3;1H;/q-1;;+2/p-1. The molecule has 0 aromatic heterocycles. The molecule has 0 heterocycles. The molecule has 0 N–H and O–H groups in total. The summed E-state index contributed by atoms with van der Waals surface area (Å²) in [7, 11) is 0. The molecule has 0 nitrogen and oxygen atoms in total. The van der Waals surface area contributed by atoms with Gasteiger partial charge in [0.1, 0.15) is 0 Å². The first-order chi connectivity index (χ1) is 9.90. The second-order valence-corrected chi connectivity index (χ2v) is 5.50. The largest absolute Gasteiger partial charge is 2.00 e. The first-order valence-electron chi connectivity index (χ1n) is 7.95. The topological polar surface area (TPSA) is 0 Å². The van der Waals surface area contributed by atoms with E-state index in [2.05, 4.69) is 49.4 Å². The van der Waals surface area contributed by atoms with Crippen LogP contribution in [0.4, 0.5) is 0 Å². The molecule has 0 saturated heterocycles. The first-order valence-corrected chi connectivity index (χ1v) is 7.95. The van der Waals surface area contributed by atoms with Gasteiger partial charge in [0.25, 0.3) is 0 Å². The minimum atomic E-state index is 0. The predicted molar refractivity (Wildman–Crippen MR) is 93.5 cm³/mol. The maximum absolute atomic E-state index is 3.06. The third-order valence-corrected chi connectivity index (χ3v) is 3.82. The molecule has 0 amide bonds. The van der Waals surface area contributed by atoms with Crippen molar-refractivity contribution in [1.82, 2.24) is 0 Å². The van der Waals surface area contributed by atoms with E-state index in [0.717, 1.165) is 0 Å². The van der Waals surface area contributed by atoms with Gasteiger partial charge in [0.05, 0.1) is 0 Å². The fraction of sp³-hybridized carbons (Fsp3) is 0.400. The van der Waals surface area contributed by atoms with E-state index in [-0.39, 0.29) is 40.0 Å². The maximum atomic E-state index is 3.06. The van der Waals surface area contributed by atoms with Crippen molar-refractivity contribution in [3.63, 3.8) is 0 Å². The zero-order chi connectivity index (χ0) is 14.0. The van der Waals surface area contributed by atoms with Crippen molar-refractivity contribution < 1.29 is 17.0 Å². The second-order valence-electron chi connectivity index (χ2n) is 5.50. The van der Waals surface area contributed by atoms with E-state index < -0.39 is 0 Å². The van der Waals surface area contributed by atoms with Gasteiger partial charge in [0.15, 0.2) is 0 Å². The monoisotopic (exact) mass is 368 g/mol.